The van der Waals surface area contributed by atoms with Crippen molar-refractivity contribution in [2.45, 2.75) is 27.3 Å². The highest BCUT2D eigenvalue weighted by Gasteiger charge is 2.15. The maximum Gasteiger partial charge on any atom is 0.281 e. The number of aromatic hydroxyl groups is 1. The molecule has 2 heterocycles. The van der Waals surface area contributed by atoms with Crippen LogP contribution in [0.3, 0.4) is 0 Å². The third-order valence-corrected chi connectivity index (χ3v) is 5.45. The Morgan fingerprint density at radius 1 is 0.925 bits per heavy atom. The summed E-state index contributed by atoms with van der Waals surface area (Å²) in [5, 5.41) is 24.8. The van der Waals surface area contributed by atoms with Gasteiger partial charge < -0.3 is 15.7 Å². The Balaban J connectivity index is 0.000000810. The summed E-state index contributed by atoms with van der Waals surface area (Å²) >= 11 is 6.08. The van der Waals surface area contributed by atoms with Crippen LogP contribution in [0.1, 0.15) is 18.1 Å². The Bertz CT molecular complexity index is 1690. The number of hydrogen-bond donors (Lipinski definition) is 4. The largest absolute Gasteiger partial charge is 0.494 e. The molecule has 0 aliphatic carbocycles. The molecule has 4 aromatic rings. The van der Waals surface area contributed by atoms with Crippen LogP contribution in [0.15, 0.2) is 69.6 Å². The summed E-state index contributed by atoms with van der Waals surface area (Å²) in [6.07, 6.45) is 0.715. The van der Waals surface area contributed by atoms with Crippen LogP contribution in [-0.2, 0) is 16.7 Å². The van der Waals surface area contributed by atoms with Crippen LogP contribution >= 0.6 is 11.6 Å². The van der Waals surface area contributed by atoms with Gasteiger partial charge >= 0.3 is 0 Å². The quantitative estimate of drug-likeness (QED) is 0.161. The van der Waals surface area contributed by atoms with E-state index in [9.17, 15) is 18.3 Å². The molecule has 4 N–H and O–H groups in total. The van der Waals surface area contributed by atoms with E-state index < -0.39 is 15.7 Å². The van der Waals surface area contributed by atoms with E-state index in [0.717, 1.165) is 5.69 Å². The Morgan fingerprint density at radius 2 is 1.50 bits per heavy atom. The van der Waals surface area contributed by atoms with Gasteiger partial charge in [0.25, 0.3) is 15.7 Å². The van der Waals surface area contributed by atoms with Crippen LogP contribution in [-0.4, -0.2) is 43.9 Å². The van der Waals surface area contributed by atoms with Crippen LogP contribution in [0.5, 0.6) is 5.88 Å². The van der Waals surface area contributed by atoms with Crippen molar-refractivity contribution in [1.29, 1.82) is 0 Å². The molecule has 0 saturated carbocycles. The number of halogens is 1. The monoisotopic (exact) mass is 586 g/mol. The number of azo groups is 1. The molecule has 0 spiro atoms. The first kappa shape index (κ1) is 30.1. The van der Waals surface area contributed by atoms with E-state index >= 15 is 0 Å². The zero-order valence-electron chi connectivity index (χ0n) is 22.0. The first-order valence-corrected chi connectivity index (χ1v) is 14.0. The zero-order valence-corrected chi connectivity index (χ0v) is 23.6. The van der Waals surface area contributed by atoms with Crippen LogP contribution in [0.2, 0.25) is 5.28 Å². The number of benzene rings is 2. The second-order valence-electron chi connectivity index (χ2n) is 8.32. The predicted octanol–water partition coefficient (Wildman–Crippen LogP) is 5.44. The van der Waals surface area contributed by atoms with Crippen molar-refractivity contribution in [2.75, 3.05) is 16.9 Å². The lowest BCUT2D eigenvalue weighted by Crippen LogP contribution is -2.20. The minimum atomic E-state index is -3.67. The van der Waals surface area contributed by atoms with Crippen LogP contribution in [0, 0.1) is 13.8 Å². The average Bonchev–Trinajstić information content (AvgIpc) is 2.87. The molecule has 0 aliphatic heterocycles. The van der Waals surface area contributed by atoms with Crippen molar-refractivity contribution in [3.63, 3.8) is 0 Å². The van der Waals surface area contributed by atoms with Crippen molar-refractivity contribution in [3.8, 4) is 5.88 Å². The normalized spacial score (nSPS) is 11.2. The zero-order chi connectivity index (χ0) is 29.4. The van der Waals surface area contributed by atoms with Gasteiger partial charge in [-0.3, -0.25) is 13.9 Å². The van der Waals surface area contributed by atoms with Crippen LogP contribution in [0.25, 0.3) is 0 Å². The van der Waals surface area contributed by atoms with Gasteiger partial charge in [0, 0.05) is 23.5 Å². The molecule has 0 saturated heterocycles. The third-order valence-electron chi connectivity index (χ3n) is 5.28. The van der Waals surface area contributed by atoms with E-state index in [2.05, 4.69) is 35.8 Å². The van der Waals surface area contributed by atoms with E-state index in [-0.39, 0.29) is 22.8 Å². The second kappa shape index (κ2) is 13.1. The van der Waals surface area contributed by atoms with Gasteiger partial charge in [-0.05, 0) is 68.3 Å². The molecule has 210 valence electrons. The summed E-state index contributed by atoms with van der Waals surface area (Å²) in [6, 6.07) is 16.5. The van der Waals surface area contributed by atoms with Crippen molar-refractivity contribution < 1.29 is 18.1 Å². The van der Waals surface area contributed by atoms with Gasteiger partial charge in [0.05, 0.1) is 11.9 Å². The number of anilines is 4. The molecular formula is C25H27ClN8O5S. The molecule has 15 heteroatoms. The van der Waals surface area contributed by atoms with Gasteiger partial charge in [0.15, 0.2) is 11.6 Å². The van der Waals surface area contributed by atoms with Crippen molar-refractivity contribution >= 4 is 56.4 Å². The lowest BCUT2D eigenvalue weighted by Gasteiger charge is -2.12. The summed E-state index contributed by atoms with van der Waals surface area (Å²) in [6.45, 7) is 5.57. The molecule has 0 aliphatic rings. The lowest BCUT2D eigenvalue weighted by atomic mass is 10.1. The molecule has 0 atom stereocenters. The van der Waals surface area contributed by atoms with Gasteiger partial charge in [-0.1, -0.05) is 24.3 Å². The lowest BCUT2D eigenvalue weighted by molar-refractivity contribution is 0.406. The van der Waals surface area contributed by atoms with E-state index in [4.69, 9.17) is 16.2 Å². The molecule has 40 heavy (non-hydrogen) atoms. The Labute approximate surface area is 235 Å². The number of para-hydroxylation sites is 1. The highest BCUT2D eigenvalue weighted by atomic mass is 35.5. The molecule has 0 bridgehead atoms. The number of rotatable bonds is 7. The third kappa shape index (κ3) is 8.56. The van der Waals surface area contributed by atoms with Gasteiger partial charge in [0.2, 0.25) is 17.2 Å². The standard InChI is InChI=1S/C24H23ClN8O2.CH4O3S/c1-4-33-20(34)15(3)14(2)19(21(33)35)32-31-18-12-8-11-17(13-18)27-24-29-22(25)28-23(30-24)26-16-9-6-5-7-10-16;1-5(2,3)4/h5-13,34H,4H2,1-3H3,(H2,26,27,28,29,30);1H3,(H,2,3,4). The van der Waals surface area contributed by atoms with Crippen molar-refractivity contribution in [1.82, 2.24) is 19.5 Å². The summed E-state index contributed by atoms with van der Waals surface area (Å²) < 4.78 is 27.1. The SMILES string of the molecule is CCn1c(O)c(C)c(C)c(N=Nc2cccc(Nc3nc(Cl)nc(Nc4ccccc4)n3)c2)c1=O.CS(=O)(=O)O. The van der Waals surface area contributed by atoms with E-state index in [1.54, 1.807) is 45.0 Å². The fraction of sp³-hybridized carbons (Fsp3) is 0.200. The van der Waals surface area contributed by atoms with Gasteiger partial charge in [-0.15, -0.1) is 5.11 Å². The number of aromatic nitrogens is 4. The highest BCUT2D eigenvalue weighted by molar-refractivity contribution is 7.85. The van der Waals surface area contributed by atoms with E-state index in [1.807, 2.05) is 30.3 Å². The molecular weight excluding hydrogens is 560 g/mol. The first-order valence-electron chi connectivity index (χ1n) is 11.7. The fourth-order valence-corrected chi connectivity index (χ4v) is 3.50. The number of pyridine rings is 1. The van der Waals surface area contributed by atoms with Gasteiger partial charge in [-0.25, -0.2) is 0 Å². The highest BCUT2D eigenvalue weighted by Crippen LogP contribution is 2.28. The molecule has 0 fully saturated rings. The van der Waals surface area contributed by atoms with Crippen molar-refractivity contribution in [2.24, 2.45) is 10.2 Å². The Hall–Kier alpha value is -4.40. The Morgan fingerprint density at radius 3 is 2.10 bits per heavy atom. The van der Waals surface area contributed by atoms with Gasteiger partial charge in [0.1, 0.15) is 0 Å². The Kier molecular flexibility index (Phi) is 9.87. The number of hydrogen-bond acceptors (Lipinski definition) is 11. The summed E-state index contributed by atoms with van der Waals surface area (Å²) in [7, 11) is -3.67. The molecule has 4 rings (SSSR count). The molecule has 2 aromatic carbocycles. The summed E-state index contributed by atoms with van der Waals surface area (Å²) in [4.78, 5) is 25.3. The van der Waals surface area contributed by atoms with Gasteiger partial charge in [-0.2, -0.15) is 28.5 Å². The molecule has 0 amide bonds. The molecule has 13 nitrogen and oxygen atoms in total. The second-order valence-corrected chi connectivity index (χ2v) is 10.1. The predicted molar refractivity (Wildman–Crippen MR) is 153 cm³/mol. The molecule has 0 unspecified atom stereocenters. The average molecular weight is 587 g/mol. The van der Waals surface area contributed by atoms with Crippen LogP contribution in [0.4, 0.5) is 34.6 Å². The summed E-state index contributed by atoms with van der Waals surface area (Å²) in [5.74, 6) is 0.477. The summed E-state index contributed by atoms with van der Waals surface area (Å²) in [5.41, 5.74) is 2.90. The number of nitrogens with one attached hydrogen (secondary N) is 2. The fourth-order valence-electron chi connectivity index (χ4n) is 3.34. The molecule has 2 aromatic heterocycles. The minimum Gasteiger partial charge on any atom is -0.494 e. The van der Waals surface area contributed by atoms with Crippen molar-refractivity contribution in [3.05, 3.63) is 81.4 Å². The minimum absolute atomic E-state index is 0.0298. The first-order chi connectivity index (χ1) is 18.9. The van der Waals surface area contributed by atoms with Crippen LogP contribution < -0.4 is 16.2 Å². The smallest absolute Gasteiger partial charge is 0.281 e. The number of nitrogens with zero attached hydrogens (tertiary/aromatic N) is 6. The topological polar surface area (TPSA) is 184 Å². The van der Waals surface area contributed by atoms with E-state index in [1.165, 1.54) is 4.57 Å². The molecule has 0 radical (unpaired) electrons. The maximum atomic E-state index is 12.7. The van der Waals surface area contributed by atoms with E-state index in [0.29, 0.717) is 41.3 Å². The maximum absolute atomic E-state index is 12.7.